The van der Waals surface area contributed by atoms with Crippen molar-refractivity contribution in [3.05, 3.63) is 41.6 Å². The van der Waals surface area contributed by atoms with Gasteiger partial charge in [0, 0.05) is 42.7 Å². The second-order valence-corrected chi connectivity index (χ2v) is 7.86. The lowest BCUT2D eigenvalue weighted by Crippen LogP contribution is -2.35. The van der Waals surface area contributed by atoms with Crippen LogP contribution in [-0.4, -0.2) is 54.1 Å². The molecule has 2 aromatic rings. The molecule has 0 aliphatic carbocycles. The van der Waals surface area contributed by atoms with Gasteiger partial charge in [0.1, 0.15) is 12.5 Å². The molecule has 0 fully saturated rings. The predicted octanol–water partition coefficient (Wildman–Crippen LogP) is 2.10. The minimum atomic E-state index is -2.46. The monoisotopic (exact) mass is 422 g/mol. The average molecular weight is 422 g/mol. The summed E-state index contributed by atoms with van der Waals surface area (Å²) in [5.41, 5.74) is 2.32. The second kappa shape index (κ2) is 8.46. The summed E-state index contributed by atoms with van der Waals surface area (Å²) in [4.78, 5) is 19.5. The van der Waals surface area contributed by atoms with Crippen LogP contribution in [0.4, 0.5) is 8.78 Å². The number of amides is 1. The summed E-state index contributed by atoms with van der Waals surface area (Å²) in [6, 6.07) is 0. The molecule has 2 aliphatic heterocycles. The Balaban J connectivity index is 1.39. The summed E-state index contributed by atoms with van der Waals surface area (Å²) in [6.07, 6.45) is 7.77. The predicted molar refractivity (Wildman–Crippen MR) is 102 cm³/mol. The highest BCUT2D eigenvalue weighted by atomic mass is 32.2. The Bertz CT molecular complexity index is 931. The van der Waals surface area contributed by atoms with E-state index in [1.54, 1.807) is 21.4 Å². The second-order valence-electron chi connectivity index (χ2n) is 6.83. The Morgan fingerprint density at radius 3 is 2.83 bits per heavy atom. The molecule has 1 unspecified atom stereocenters. The number of alkyl halides is 2. The SMILES string of the molecule is O=C(C(CO)C1=CCCC=N1)N1Cc2cn(Sc3cnn(CC(F)F)c3)nc2C1. The fourth-order valence-corrected chi connectivity index (χ4v) is 4.15. The Kier molecular flexibility index (Phi) is 5.76. The normalized spacial score (nSPS) is 17.0. The minimum Gasteiger partial charge on any atom is -0.395 e. The topological polar surface area (TPSA) is 88.5 Å². The lowest BCUT2D eigenvalue weighted by Gasteiger charge is -2.23. The van der Waals surface area contributed by atoms with E-state index < -0.39 is 18.9 Å². The van der Waals surface area contributed by atoms with Crippen LogP contribution in [0, 0.1) is 5.92 Å². The van der Waals surface area contributed by atoms with E-state index in [4.69, 9.17) is 0 Å². The van der Waals surface area contributed by atoms with Crippen molar-refractivity contribution in [2.45, 2.75) is 43.8 Å². The highest BCUT2D eigenvalue weighted by molar-refractivity contribution is 7.97. The summed E-state index contributed by atoms with van der Waals surface area (Å²) in [5, 5.41) is 18.1. The van der Waals surface area contributed by atoms with Gasteiger partial charge in [-0.1, -0.05) is 6.08 Å². The number of carbonyl (C=O) groups excluding carboxylic acids is 1. The molecule has 8 nitrogen and oxygen atoms in total. The molecule has 4 rings (SSSR count). The molecule has 0 radical (unpaired) electrons. The van der Waals surface area contributed by atoms with Crippen molar-refractivity contribution in [2.24, 2.45) is 10.9 Å². The molecule has 154 valence electrons. The number of rotatable bonds is 7. The molecule has 0 aromatic carbocycles. The van der Waals surface area contributed by atoms with Crippen molar-refractivity contribution in [3.63, 3.8) is 0 Å². The number of aliphatic imine (C=N–C) groups is 1. The van der Waals surface area contributed by atoms with E-state index in [0.29, 0.717) is 23.7 Å². The average Bonchev–Trinajstić information content (AvgIpc) is 3.38. The first-order chi connectivity index (χ1) is 14.0. The molecule has 29 heavy (non-hydrogen) atoms. The maximum atomic E-state index is 12.8. The van der Waals surface area contributed by atoms with Crippen LogP contribution in [0.25, 0.3) is 0 Å². The molecule has 1 N–H and O–H groups in total. The number of hydrogen-bond acceptors (Lipinski definition) is 6. The van der Waals surface area contributed by atoms with Crippen LogP contribution >= 0.6 is 11.9 Å². The molecule has 2 aromatic heterocycles. The van der Waals surface area contributed by atoms with Gasteiger partial charge in [0.2, 0.25) is 5.91 Å². The number of fused-ring (bicyclic) bond motifs is 1. The van der Waals surface area contributed by atoms with Crippen LogP contribution in [0.15, 0.2) is 40.3 Å². The van der Waals surface area contributed by atoms with E-state index in [2.05, 4.69) is 15.2 Å². The summed E-state index contributed by atoms with van der Waals surface area (Å²) in [7, 11) is 0. The first-order valence-electron chi connectivity index (χ1n) is 9.22. The molecule has 1 atom stereocenters. The Hall–Kier alpha value is -2.53. The fraction of sp³-hybridized carbons (Fsp3) is 0.444. The zero-order chi connectivity index (χ0) is 20.4. The summed E-state index contributed by atoms with van der Waals surface area (Å²) >= 11 is 1.27. The van der Waals surface area contributed by atoms with Crippen molar-refractivity contribution < 1.29 is 18.7 Å². The van der Waals surface area contributed by atoms with Gasteiger partial charge in [-0.3, -0.25) is 14.5 Å². The Labute approximate surface area is 170 Å². The highest BCUT2D eigenvalue weighted by Crippen LogP contribution is 2.29. The molecular weight excluding hydrogens is 402 g/mol. The molecule has 2 aliphatic rings. The Morgan fingerprint density at radius 1 is 1.28 bits per heavy atom. The number of carbonyl (C=O) groups is 1. The maximum Gasteiger partial charge on any atom is 0.257 e. The van der Waals surface area contributed by atoms with Crippen LogP contribution in [0.5, 0.6) is 0 Å². The number of aliphatic hydroxyl groups is 1. The van der Waals surface area contributed by atoms with Crippen LogP contribution < -0.4 is 0 Å². The summed E-state index contributed by atoms with van der Waals surface area (Å²) in [6.45, 7) is 0.0427. The van der Waals surface area contributed by atoms with Crippen molar-refractivity contribution in [1.82, 2.24) is 23.9 Å². The van der Waals surface area contributed by atoms with Gasteiger partial charge in [-0.25, -0.2) is 12.9 Å². The van der Waals surface area contributed by atoms with Crippen LogP contribution in [-0.2, 0) is 24.4 Å². The van der Waals surface area contributed by atoms with Crippen LogP contribution in [0.2, 0.25) is 0 Å². The molecule has 0 saturated heterocycles. The van der Waals surface area contributed by atoms with Gasteiger partial charge >= 0.3 is 0 Å². The van der Waals surface area contributed by atoms with Gasteiger partial charge in [0.05, 0.1) is 35.6 Å². The van der Waals surface area contributed by atoms with E-state index >= 15 is 0 Å². The van der Waals surface area contributed by atoms with E-state index in [1.165, 1.54) is 22.8 Å². The van der Waals surface area contributed by atoms with Crippen molar-refractivity contribution >= 4 is 24.1 Å². The molecule has 11 heteroatoms. The summed E-state index contributed by atoms with van der Waals surface area (Å²) < 4.78 is 27.7. The van der Waals surface area contributed by atoms with Crippen molar-refractivity contribution in [2.75, 3.05) is 6.61 Å². The molecule has 0 saturated carbocycles. The lowest BCUT2D eigenvalue weighted by molar-refractivity contribution is -0.136. The van der Waals surface area contributed by atoms with Crippen LogP contribution in [0.3, 0.4) is 0 Å². The standard InChI is InChI=1S/C18H20F2N6O2S/c19-17(20)10-25-8-13(5-22-25)29-26-7-12-6-24(9-16(12)23-26)18(28)14(11-27)15-3-1-2-4-21-15/h3-5,7-8,14,17,27H,1-2,6,9-11H2. The van der Waals surface area contributed by atoms with E-state index in [-0.39, 0.29) is 12.5 Å². The number of aromatic nitrogens is 4. The van der Waals surface area contributed by atoms with Gasteiger partial charge < -0.3 is 10.0 Å². The van der Waals surface area contributed by atoms with Gasteiger partial charge in [-0.2, -0.15) is 10.2 Å². The van der Waals surface area contributed by atoms with Crippen molar-refractivity contribution in [3.8, 4) is 0 Å². The number of aliphatic hydroxyl groups excluding tert-OH is 1. The summed E-state index contributed by atoms with van der Waals surface area (Å²) in [5.74, 6) is -0.819. The highest BCUT2D eigenvalue weighted by Gasteiger charge is 2.33. The fourth-order valence-electron chi connectivity index (χ4n) is 3.35. The van der Waals surface area contributed by atoms with Gasteiger partial charge in [-0.05, 0) is 12.8 Å². The molecular formula is C18H20F2N6O2S. The largest absolute Gasteiger partial charge is 0.395 e. The van der Waals surface area contributed by atoms with E-state index in [9.17, 15) is 18.7 Å². The zero-order valence-corrected chi connectivity index (χ0v) is 16.3. The molecule has 0 spiro atoms. The number of hydrogen-bond donors (Lipinski definition) is 1. The molecule has 1 amide bonds. The maximum absolute atomic E-state index is 12.8. The smallest absolute Gasteiger partial charge is 0.257 e. The van der Waals surface area contributed by atoms with Gasteiger partial charge in [-0.15, -0.1) is 0 Å². The molecule has 0 bridgehead atoms. The van der Waals surface area contributed by atoms with Crippen molar-refractivity contribution in [1.29, 1.82) is 0 Å². The lowest BCUT2D eigenvalue weighted by atomic mass is 10.0. The minimum absolute atomic E-state index is 0.164. The van der Waals surface area contributed by atoms with E-state index in [0.717, 1.165) is 24.1 Å². The van der Waals surface area contributed by atoms with Gasteiger partial charge in [0.15, 0.2) is 0 Å². The Morgan fingerprint density at radius 2 is 2.14 bits per heavy atom. The molecule has 4 heterocycles. The number of allylic oxidation sites excluding steroid dienone is 1. The van der Waals surface area contributed by atoms with E-state index in [1.807, 2.05) is 12.3 Å². The third kappa shape index (κ3) is 4.40. The zero-order valence-electron chi connectivity index (χ0n) is 15.5. The van der Waals surface area contributed by atoms with Crippen LogP contribution in [0.1, 0.15) is 24.1 Å². The quantitative estimate of drug-likeness (QED) is 0.738. The first-order valence-corrected chi connectivity index (χ1v) is 9.99. The number of nitrogens with zero attached hydrogens (tertiary/aromatic N) is 6. The van der Waals surface area contributed by atoms with Gasteiger partial charge in [0.25, 0.3) is 6.43 Å². The third-order valence-corrected chi connectivity index (χ3v) is 5.53. The first kappa shape index (κ1) is 19.8. The number of halogens is 2. The third-order valence-electron chi connectivity index (χ3n) is 4.73.